The Morgan fingerprint density at radius 2 is 1.57 bits per heavy atom. The zero-order valence-electron chi connectivity index (χ0n) is 17.3. The molecule has 2 heterocycles. The van der Waals surface area contributed by atoms with E-state index in [9.17, 15) is 4.79 Å². The van der Waals surface area contributed by atoms with Gasteiger partial charge < -0.3 is 24.8 Å². The van der Waals surface area contributed by atoms with Crippen LogP contribution in [0.5, 0.6) is 0 Å². The van der Waals surface area contributed by atoms with Crippen molar-refractivity contribution in [2.24, 2.45) is 0 Å². The first-order chi connectivity index (χ1) is 14.7. The first kappa shape index (κ1) is 21.1. The Morgan fingerprint density at radius 3 is 2.23 bits per heavy atom. The first-order valence-electron chi connectivity index (χ1n) is 10.8. The summed E-state index contributed by atoms with van der Waals surface area (Å²) in [5.74, 6) is 0.0882. The Hall–Kier alpha value is -2.12. The Bertz CT molecular complexity index is 814. The molecule has 160 valence electrons. The second kappa shape index (κ2) is 10.3. The average molecular weight is 431 g/mol. The number of benzene rings is 2. The van der Waals surface area contributed by atoms with E-state index in [1.807, 2.05) is 24.3 Å². The molecule has 2 saturated heterocycles. The molecule has 0 unspecified atom stereocenters. The van der Waals surface area contributed by atoms with E-state index >= 15 is 0 Å². The minimum Gasteiger partial charge on any atom is -0.378 e. The van der Waals surface area contributed by atoms with E-state index in [0.717, 1.165) is 69.7 Å². The van der Waals surface area contributed by atoms with Crippen molar-refractivity contribution in [3.63, 3.8) is 0 Å². The Kier molecular flexibility index (Phi) is 7.23. The highest BCUT2D eigenvalue weighted by atomic mass is 35.5. The lowest BCUT2D eigenvalue weighted by molar-refractivity contribution is -1.02. The molecular weight excluding hydrogens is 400 g/mol. The third-order valence-electron chi connectivity index (χ3n) is 5.97. The molecule has 0 bridgehead atoms. The third-order valence-corrected chi connectivity index (χ3v) is 6.22. The maximum atomic E-state index is 12.5. The second-order valence-corrected chi connectivity index (χ2v) is 8.61. The largest absolute Gasteiger partial charge is 0.378 e. The highest BCUT2D eigenvalue weighted by molar-refractivity contribution is 6.30. The van der Waals surface area contributed by atoms with Gasteiger partial charge in [0.25, 0.3) is 5.91 Å². The molecular formula is C23H31ClN4O2+2. The quantitative estimate of drug-likeness (QED) is 0.609. The topological polar surface area (TPSA) is 50.5 Å². The van der Waals surface area contributed by atoms with Gasteiger partial charge >= 0.3 is 0 Å². The number of amides is 1. The lowest BCUT2D eigenvalue weighted by Gasteiger charge is -2.29. The van der Waals surface area contributed by atoms with Crippen LogP contribution in [0, 0.1) is 0 Å². The molecule has 2 fully saturated rings. The molecule has 3 N–H and O–H groups in total. The molecule has 2 aliphatic heterocycles. The number of nitrogens with zero attached hydrogens (tertiary/aromatic N) is 1. The number of quaternary nitrogens is 2. The molecule has 0 radical (unpaired) electrons. The number of nitrogens with one attached hydrogen (secondary N) is 3. The summed E-state index contributed by atoms with van der Waals surface area (Å²) in [5.41, 5.74) is 3.36. The van der Waals surface area contributed by atoms with Gasteiger partial charge in [-0.1, -0.05) is 23.7 Å². The predicted octanol–water partition coefficient (Wildman–Crippen LogP) is 0.0987. The maximum absolute atomic E-state index is 12.5. The highest BCUT2D eigenvalue weighted by Crippen LogP contribution is 2.18. The molecule has 0 spiro atoms. The molecule has 0 saturated carbocycles. The van der Waals surface area contributed by atoms with Crippen LogP contribution in [0.1, 0.15) is 5.56 Å². The summed E-state index contributed by atoms with van der Waals surface area (Å²) in [5, 5.41) is 3.84. The molecule has 2 aromatic carbocycles. The fourth-order valence-corrected chi connectivity index (χ4v) is 4.34. The van der Waals surface area contributed by atoms with E-state index in [-0.39, 0.29) is 5.91 Å². The van der Waals surface area contributed by atoms with Crippen LogP contribution >= 0.6 is 11.6 Å². The number of rotatable bonds is 6. The summed E-state index contributed by atoms with van der Waals surface area (Å²) >= 11 is 5.97. The maximum Gasteiger partial charge on any atom is 0.279 e. The number of morpholine rings is 1. The van der Waals surface area contributed by atoms with E-state index in [1.165, 1.54) is 16.2 Å². The zero-order valence-corrected chi connectivity index (χ0v) is 18.1. The Morgan fingerprint density at radius 1 is 0.933 bits per heavy atom. The zero-order chi connectivity index (χ0) is 20.8. The van der Waals surface area contributed by atoms with Crippen molar-refractivity contribution in [1.82, 2.24) is 0 Å². The normalized spacial score (nSPS) is 22.0. The van der Waals surface area contributed by atoms with Gasteiger partial charge in [-0.05, 0) is 36.4 Å². The van der Waals surface area contributed by atoms with Crippen LogP contribution in [-0.2, 0) is 16.1 Å². The van der Waals surface area contributed by atoms with Crippen molar-refractivity contribution in [3.05, 3.63) is 59.1 Å². The van der Waals surface area contributed by atoms with Crippen LogP contribution in [0.4, 0.5) is 11.4 Å². The van der Waals surface area contributed by atoms with Gasteiger partial charge in [0.05, 0.1) is 13.2 Å². The van der Waals surface area contributed by atoms with Crippen LogP contribution in [0.15, 0.2) is 48.5 Å². The smallest absolute Gasteiger partial charge is 0.279 e. The molecule has 0 atom stereocenters. The van der Waals surface area contributed by atoms with Gasteiger partial charge in [0.1, 0.15) is 32.7 Å². The SMILES string of the molecule is O=C(C[NH+]1CC[NH+](Cc2ccc(Cl)cc2)CC1)Nc1ccc(N2CCOCC2)cc1. The van der Waals surface area contributed by atoms with Crippen LogP contribution < -0.4 is 20.0 Å². The lowest BCUT2D eigenvalue weighted by atomic mass is 10.2. The summed E-state index contributed by atoms with van der Waals surface area (Å²) in [4.78, 5) is 17.7. The van der Waals surface area contributed by atoms with Crippen molar-refractivity contribution in [2.45, 2.75) is 6.54 Å². The molecule has 2 aromatic rings. The Labute approximate surface area is 183 Å². The number of carbonyl (C=O) groups is 1. The Balaban J connectivity index is 1.19. The number of anilines is 2. The lowest BCUT2D eigenvalue weighted by Crippen LogP contribution is -3.28. The van der Waals surface area contributed by atoms with Gasteiger partial charge in [0, 0.05) is 35.1 Å². The van der Waals surface area contributed by atoms with Crippen LogP contribution in [0.3, 0.4) is 0 Å². The molecule has 0 aliphatic carbocycles. The van der Waals surface area contributed by atoms with Crippen LogP contribution in [0.25, 0.3) is 0 Å². The fraction of sp³-hybridized carbons (Fsp3) is 0.435. The van der Waals surface area contributed by atoms with E-state index in [1.54, 1.807) is 4.90 Å². The minimum absolute atomic E-state index is 0.0882. The van der Waals surface area contributed by atoms with Crippen molar-refractivity contribution in [2.75, 3.05) is 69.2 Å². The summed E-state index contributed by atoms with van der Waals surface area (Å²) in [6, 6.07) is 16.3. The predicted molar refractivity (Wildman–Crippen MR) is 120 cm³/mol. The monoisotopic (exact) mass is 430 g/mol. The molecule has 6 nitrogen and oxygen atoms in total. The van der Waals surface area contributed by atoms with E-state index in [4.69, 9.17) is 16.3 Å². The minimum atomic E-state index is 0.0882. The van der Waals surface area contributed by atoms with Crippen LogP contribution in [0.2, 0.25) is 5.02 Å². The highest BCUT2D eigenvalue weighted by Gasteiger charge is 2.25. The van der Waals surface area contributed by atoms with Gasteiger partial charge in [0.15, 0.2) is 6.54 Å². The van der Waals surface area contributed by atoms with Gasteiger partial charge in [-0.15, -0.1) is 0 Å². The second-order valence-electron chi connectivity index (χ2n) is 8.17. The molecule has 2 aliphatic rings. The third kappa shape index (κ3) is 5.95. The standard InChI is InChI=1S/C23H29ClN4O2/c24-20-3-1-19(2-4-20)17-26-9-11-27(12-10-26)18-23(29)25-21-5-7-22(8-6-21)28-13-15-30-16-14-28/h1-8H,9-18H2,(H,25,29)/p+2. The summed E-state index contributed by atoms with van der Waals surface area (Å²) < 4.78 is 5.40. The molecule has 4 rings (SSSR count). The molecule has 7 heteroatoms. The van der Waals surface area contributed by atoms with E-state index in [0.29, 0.717) is 6.54 Å². The van der Waals surface area contributed by atoms with E-state index in [2.05, 4.69) is 34.5 Å². The number of hydrogen-bond donors (Lipinski definition) is 3. The van der Waals surface area contributed by atoms with Gasteiger partial charge in [0.2, 0.25) is 0 Å². The van der Waals surface area contributed by atoms with Crippen molar-refractivity contribution in [1.29, 1.82) is 0 Å². The summed E-state index contributed by atoms with van der Waals surface area (Å²) in [7, 11) is 0. The van der Waals surface area contributed by atoms with Gasteiger partial charge in [-0.3, -0.25) is 4.79 Å². The van der Waals surface area contributed by atoms with E-state index < -0.39 is 0 Å². The molecule has 30 heavy (non-hydrogen) atoms. The van der Waals surface area contributed by atoms with Crippen LogP contribution in [-0.4, -0.2) is 64.9 Å². The first-order valence-corrected chi connectivity index (χ1v) is 11.2. The van der Waals surface area contributed by atoms with Crippen molar-refractivity contribution < 1.29 is 19.3 Å². The molecule has 0 aromatic heterocycles. The number of ether oxygens (including phenoxy) is 1. The molecule has 1 amide bonds. The van der Waals surface area contributed by atoms with Crippen molar-refractivity contribution >= 4 is 28.9 Å². The summed E-state index contributed by atoms with van der Waals surface area (Å²) in [6.45, 7) is 9.14. The number of hydrogen-bond acceptors (Lipinski definition) is 3. The van der Waals surface area contributed by atoms with Gasteiger partial charge in [-0.25, -0.2) is 0 Å². The number of carbonyl (C=O) groups excluding carboxylic acids is 1. The summed E-state index contributed by atoms with van der Waals surface area (Å²) in [6.07, 6.45) is 0. The fourth-order valence-electron chi connectivity index (χ4n) is 4.21. The van der Waals surface area contributed by atoms with Gasteiger partial charge in [-0.2, -0.15) is 0 Å². The number of piperazine rings is 1. The van der Waals surface area contributed by atoms with Crippen molar-refractivity contribution in [3.8, 4) is 0 Å². The number of halogens is 1. The average Bonchev–Trinajstić information content (AvgIpc) is 2.78.